The first-order chi connectivity index (χ1) is 7.93. The standard InChI is InChI=1S/C13H29N3O/c1-6-11(3)12(14)13(17)16(7-2)10-8-9-15(4)5/h11-12H,6-10,14H2,1-5H3/t11?,12-/m0/s1. The Balaban J connectivity index is 4.20. The molecule has 0 fully saturated rings. The van der Waals surface area contributed by atoms with Crippen molar-refractivity contribution in [3.05, 3.63) is 0 Å². The normalized spacial score (nSPS) is 14.8. The van der Waals surface area contributed by atoms with Crippen LogP contribution >= 0.6 is 0 Å². The Morgan fingerprint density at radius 3 is 2.24 bits per heavy atom. The maximum atomic E-state index is 12.1. The summed E-state index contributed by atoms with van der Waals surface area (Å²) in [7, 11) is 4.09. The molecule has 17 heavy (non-hydrogen) atoms. The Morgan fingerprint density at radius 1 is 1.24 bits per heavy atom. The molecule has 102 valence electrons. The minimum atomic E-state index is -0.348. The van der Waals surface area contributed by atoms with Gasteiger partial charge in [-0.2, -0.15) is 0 Å². The van der Waals surface area contributed by atoms with Gasteiger partial charge >= 0.3 is 0 Å². The summed E-state index contributed by atoms with van der Waals surface area (Å²) < 4.78 is 0. The number of hydrogen-bond donors (Lipinski definition) is 1. The van der Waals surface area contributed by atoms with E-state index in [2.05, 4.69) is 11.8 Å². The summed E-state index contributed by atoms with van der Waals surface area (Å²) in [6.07, 6.45) is 1.95. The number of amides is 1. The quantitative estimate of drug-likeness (QED) is 0.696. The zero-order chi connectivity index (χ0) is 13.4. The number of nitrogens with two attached hydrogens (primary N) is 1. The van der Waals surface area contributed by atoms with Crippen molar-refractivity contribution in [3.8, 4) is 0 Å². The lowest BCUT2D eigenvalue weighted by atomic mass is 9.99. The third-order valence-electron chi connectivity index (χ3n) is 3.27. The smallest absolute Gasteiger partial charge is 0.239 e. The molecule has 0 aromatic heterocycles. The minimum Gasteiger partial charge on any atom is -0.342 e. The molecule has 0 radical (unpaired) electrons. The van der Waals surface area contributed by atoms with Gasteiger partial charge in [-0.15, -0.1) is 0 Å². The average molecular weight is 243 g/mol. The lowest BCUT2D eigenvalue weighted by Crippen LogP contribution is -2.47. The molecule has 0 aliphatic carbocycles. The summed E-state index contributed by atoms with van der Waals surface area (Å²) in [5, 5.41) is 0. The summed E-state index contributed by atoms with van der Waals surface area (Å²) in [5.41, 5.74) is 5.98. The van der Waals surface area contributed by atoms with Gasteiger partial charge in [-0.3, -0.25) is 4.79 Å². The summed E-state index contributed by atoms with van der Waals surface area (Å²) in [6, 6.07) is -0.348. The number of hydrogen-bond acceptors (Lipinski definition) is 3. The Labute approximate surface area is 106 Å². The van der Waals surface area contributed by atoms with E-state index in [9.17, 15) is 4.79 Å². The average Bonchev–Trinajstić information content (AvgIpc) is 2.31. The molecule has 0 saturated heterocycles. The van der Waals surface area contributed by atoms with Crippen molar-refractivity contribution in [2.45, 2.75) is 39.7 Å². The van der Waals surface area contributed by atoms with Gasteiger partial charge in [0.1, 0.15) is 0 Å². The van der Waals surface area contributed by atoms with Crippen LogP contribution in [-0.4, -0.2) is 55.5 Å². The van der Waals surface area contributed by atoms with Crippen LogP contribution in [-0.2, 0) is 4.79 Å². The first-order valence-electron chi connectivity index (χ1n) is 6.63. The molecule has 0 aromatic rings. The summed E-state index contributed by atoms with van der Waals surface area (Å²) in [5.74, 6) is 0.353. The van der Waals surface area contributed by atoms with E-state index in [1.54, 1.807) is 0 Å². The predicted octanol–water partition coefficient (Wildman–Crippen LogP) is 1.16. The van der Waals surface area contributed by atoms with E-state index in [0.29, 0.717) is 0 Å². The maximum Gasteiger partial charge on any atom is 0.239 e. The zero-order valence-electron chi connectivity index (χ0n) is 12.1. The molecule has 0 bridgehead atoms. The third kappa shape index (κ3) is 6.03. The van der Waals surface area contributed by atoms with E-state index in [1.165, 1.54) is 0 Å². The molecule has 2 atom stereocenters. The van der Waals surface area contributed by atoms with Crippen molar-refractivity contribution < 1.29 is 4.79 Å². The molecule has 1 unspecified atom stereocenters. The van der Waals surface area contributed by atoms with E-state index in [0.717, 1.165) is 32.5 Å². The van der Waals surface area contributed by atoms with Gasteiger partial charge in [-0.25, -0.2) is 0 Å². The molecule has 0 aliphatic heterocycles. The van der Waals surface area contributed by atoms with Crippen LogP contribution in [0.2, 0.25) is 0 Å². The van der Waals surface area contributed by atoms with Gasteiger partial charge in [0.15, 0.2) is 0 Å². The Hall–Kier alpha value is -0.610. The minimum absolute atomic E-state index is 0.0978. The highest BCUT2D eigenvalue weighted by Gasteiger charge is 2.23. The molecule has 0 rings (SSSR count). The molecule has 0 heterocycles. The molecule has 0 aliphatic rings. The highest BCUT2D eigenvalue weighted by Crippen LogP contribution is 2.08. The molecule has 1 amide bonds. The van der Waals surface area contributed by atoms with E-state index >= 15 is 0 Å². The Bertz CT molecular complexity index is 219. The van der Waals surface area contributed by atoms with Crippen molar-refractivity contribution in [2.75, 3.05) is 33.7 Å². The largest absolute Gasteiger partial charge is 0.342 e. The summed E-state index contributed by atoms with van der Waals surface area (Å²) in [4.78, 5) is 16.1. The lowest BCUT2D eigenvalue weighted by Gasteiger charge is -2.27. The first kappa shape index (κ1) is 16.4. The maximum absolute atomic E-state index is 12.1. The van der Waals surface area contributed by atoms with Gasteiger partial charge in [-0.1, -0.05) is 20.3 Å². The SMILES string of the molecule is CCC(C)[C@H](N)C(=O)N(CC)CCCN(C)C. The zero-order valence-corrected chi connectivity index (χ0v) is 12.1. The summed E-state index contributed by atoms with van der Waals surface area (Å²) in [6.45, 7) is 8.67. The van der Waals surface area contributed by atoms with Crippen molar-refractivity contribution >= 4 is 5.91 Å². The molecular formula is C13H29N3O. The molecule has 4 heteroatoms. The number of carbonyl (C=O) groups excluding carboxylic acids is 1. The van der Waals surface area contributed by atoms with Crippen molar-refractivity contribution in [1.82, 2.24) is 9.80 Å². The second-order valence-electron chi connectivity index (χ2n) is 4.99. The first-order valence-corrected chi connectivity index (χ1v) is 6.63. The fraction of sp³-hybridized carbons (Fsp3) is 0.923. The fourth-order valence-electron chi connectivity index (χ4n) is 1.71. The van der Waals surface area contributed by atoms with Gasteiger partial charge < -0.3 is 15.5 Å². The van der Waals surface area contributed by atoms with Crippen LogP contribution in [0.1, 0.15) is 33.6 Å². The molecule has 2 N–H and O–H groups in total. The number of carbonyl (C=O) groups is 1. The van der Waals surface area contributed by atoms with Crippen molar-refractivity contribution in [2.24, 2.45) is 11.7 Å². The second-order valence-corrected chi connectivity index (χ2v) is 4.99. The van der Waals surface area contributed by atoms with Crippen LogP contribution in [0.25, 0.3) is 0 Å². The molecule has 0 spiro atoms. The molecule has 4 nitrogen and oxygen atoms in total. The van der Waals surface area contributed by atoms with Gasteiger partial charge in [0.05, 0.1) is 6.04 Å². The van der Waals surface area contributed by atoms with Crippen LogP contribution in [0.4, 0.5) is 0 Å². The monoisotopic (exact) mass is 243 g/mol. The highest BCUT2D eigenvalue weighted by atomic mass is 16.2. The van der Waals surface area contributed by atoms with Crippen LogP contribution in [0, 0.1) is 5.92 Å². The number of likely N-dealkylation sites (N-methyl/N-ethyl adjacent to an activating group) is 1. The van der Waals surface area contributed by atoms with Crippen molar-refractivity contribution in [1.29, 1.82) is 0 Å². The molecule has 0 saturated carbocycles. The van der Waals surface area contributed by atoms with E-state index in [4.69, 9.17) is 5.73 Å². The van der Waals surface area contributed by atoms with Gasteiger partial charge in [0.2, 0.25) is 5.91 Å². The highest BCUT2D eigenvalue weighted by molar-refractivity contribution is 5.81. The van der Waals surface area contributed by atoms with Crippen molar-refractivity contribution in [3.63, 3.8) is 0 Å². The number of rotatable bonds is 8. The van der Waals surface area contributed by atoms with E-state index in [1.807, 2.05) is 32.8 Å². The van der Waals surface area contributed by atoms with Crippen LogP contribution < -0.4 is 5.73 Å². The molecule has 0 aromatic carbocycles. The van der Waals surface area contributed by atoms with Crippen LogP contribution in [0.3, 0.4) is 0 Å². The van der Waals surface area contributed by atoms with Crippen LogP contribution in [0.15, 0.2) is 0 Å². The van der Waals surface area contributed by atoms with Gasteiger partial charge in [-0.05, 0) is 39.9 Å². The van der Waals surface area contributed by atoms with Gasteiger partial charge in [0.25, 0.3) is 0 Å². The third-order valence-corrected chi connectivity index (χ3v) is 3.27. The van der Waals surface area contributed by atoms with Crippen LogP contribution in [0.5, 0.6) is 0 Å². The number of nitrogens with zero attached hydrogens (tertiary/aromatic N) is 2. The Morgan fingerprint density at radius 2 is 1.82 bits per heavy atom. The van der Waals surface area contributed by atoms with Gasteiger partial charge in [0, 0.05) is 13.1 Å². The second kappa shape index (κ2) is 8.48. The summed E-state index contributed by atoms with van der Waals surface area (Å²) >= 11 is 0. The predicted molar refractivity (Wildman–Crippen MR) is 72.9 cm³/mol. The fourth-order valence-corrected chi connectivity index (χ4v) is 1.71. The lowest BCUT2D eigenvalue weighted by molar-refractivity contribution is -0.133. The van der Waals surface area contributed by atoms with E-state index < -0.39 is 0 Å². The Kier molecular flexibility index (Phi) is 8.17. The molecular weight excluding hydrogens is 214 g/mol. The van der Waals surface area contributed by atoms with E-state index in [-0.39, 0.29) is 17.9 Å². The topological polar surface area (TPSA) is 49.6 Å².